The van der Waals surface area contributed by atoms with E-state index in [1.165, 1.54) is 0 Å². The van der Waals surface area contributed by atoms with Crippen molar-refractivity contribution >= 4 is 0 Å². The highest BCUT2D eigenvalue weighted by atomic mass is 19.2. The second-order valence-electron chi connectivity index (χ2n) is 4.87. The lowest BCUT2D eigenvalue weighted by molar-refractivity contribution is 0.267. The van der Waals surface area contributed by atoms with Gasteiger partial charge in [-0.05, 0) is 25.0 Å². The Morgan fingerprint density at radius 1 is 1.14 bits per heavy atom. The molecule has 4 nitrogen and oxygen atoms in total. The standard InChI is InChI=1S/C14H16F3N3O/c1-3-14(4-2,7-18)13-19-12(20-21-13)8-5-9(15)11(17)10(16)6-8/h5-6H,3-4,7,18H2,1-2H3. The minimum Gasteiger partial charge on any atom is -0.338 e. The van der Waals surface area contributed by atoms with Gasteiger partial charge in [-0.25, -0.2) is 13.2 Å². The van der Waals surface area contributed by atoms with Gasteiger partial charge in [0.05, 0.1) is 5.41 Å². The Kier molecular flexibility index (Phi) is 4.32. The Labute approximate surface area is 120 Å². The number of nitrogens with zero attached hydrogens (tertiary/aromatic N) is 2. The molecule has 0 aliphatic carbocycles. The maximum Gasteiger partial charge on any atom is 0.234 e. The molecule has 0 radical (unpaired) electrons. The summed E-state index contributed by atoms with van der Waals surface area (Å²) < 4.78 is 44.6. The third-order valence-electron chi connectivity index (χ3n) is 3.87. The minimum atomic E-state index is -1.53. The molecule has 0 saturated carbocycles. The highest BCUT2D eigenvalue weighted by Gasteiger charge is 2.33. The molecule has 0 aliphatic heterocycles. The molecule has 0 saturated heterocycles. The van der Waals surface area contributed by atoms with Crippen LogP contribution in [0.3, 0.4) is 0 Å². The van der Waals surface area contributed by atoms with Crippen LogP contribution in [0.15, 0.2) is 16.7 Å². The monoisotopic (exact) mass is 299 g/mol. The van der Waals surface area contributed by atoms with E-state index in [4.69, 9.17) is 10.3 Å². The van der Waals surface area contributed by atoms with Crippen LogP contribution in [0.2, 0.25) is 0 Å². The number of nitrogens with two attached hydrogens (primary N) is 1. The molecular weight excluding hydrogens is 283 g/mol. The van der Waals surface area contributed by atoms with Gasteiger partial charge < -0.3 is 10.3 Å². The number of halogens is 3. The molecule has 0 bridgehead atoms. The fourth-order valence-electron chi connectivity index (χ4n) is 2.17. The highest BCUT2D eigenvalue weighted by molar-refractivity contribution is 5.54. The average Bonchev–Trinajstić information content (AvgIpc) is 2.97. The van der Waals surface area contributed by atoms with Crippen molar-refractivity contribution in [3.8, 4) is 11.4 Å². The van der Waals surface area contributed by atoms with Gasteiger partial charge in [0.2, 0.25) is 11.7 Å². The molecule has 2 rings (SSSR count). The molecule has 0 unspecified atom stereocenters. The second-order valence-corrected chi connectivity index (χ2v) is 4.87. The van der Waals surface area contributed by atoms with Crippen LogP contribution in [0, 0.1) is 17.5 Å². The van der Waals surface area contributed by atoms with Crippen molar-refractivity contribution in [1.29, 1.82) is 0 Å². The van der Waals surface area contributed by atoms with Crippen LogP contribution in [0.5, 0.6) is 0 Å². The smallest absolute Gasteiger partial charge is 0.234 e. The molecule has 7 heteroatoms. The molecule has 2 aromatic rings. The molecule has 1 aromatic carbocycles. The molecule has 1 aromatic heterocycles. The van der Waals surface area contributed by atoms with Gasteiger partial charge in [0.15, 0.2) is 17.5 Å². The van der Waals surface area contributed by atoms with E-state index < -0.39 is 22.9 Å². The van der Waals surface area contributed by atoms with Crippen molar-refractivity contribution in [2.24, 2.45) is 5.73 Å². The largest absolute Gasteiger partial charge is 0.338 e. The van der Waals surface area contributed by atoms with Crippen LogP contribution in [0.4, 0.5) is 13.2 Å². The topological polar surface area (TPSA) is 64.9 Å². The summed E-state index contributed by atoms with van der Waals surface area (Å²) in [6.07, 6.45) is 1.38. The normalized spacial score (nSPS) is 11.9. The quantitative estimate of drug-likeness (QED) is 0.861. The molecule has 114 valence electrons. The summed E-state index contributed by atoms with van der Waals surface area (Å²) in [7, 11) is 0. The van der Waals surface area contributed by atoms with Crippen molar-refractivity contribution in [2.75, 3.05) is 6.54 Å². The Morgan fingerprint density at radius 2 is 1.71 bits per heavy atom. The second kappa shape index (κ2) is 5.85. The van der Waals surface area contributed by atoms with E-state index in [9.17, 15) is 13.2 Å². The van der Waals surface area contributed by atoms with Gasteiger partial charge in [-0.1, -0.05) is 19.0 Å². The van der Waals surface area contributed by atoms with Crippen molar-refractivity contribution in [3.63, 3.8) is 0 Å². The fraction of sp³-hybridized carbons (Fsp3) is 0.429. The first-order chi connectivity index (χ1) is 9.97. The van der Waals surface area contributed by atoms with Gasteiger partial charge in [-0.2, -0.15) is 4.98 Å². The number of rotatable bonds is 5. The van der Waals surface area contributed by atoms with Crippen molar-refractivity contribution in [2.45, 2.75) is 32.1 Å². The minimum absolute atomic E-state index is 0.00234. The van der Waals surface area contributed by atoms with Gasteiger partial charge in [0, 0.05) is 12.1 Å². The Balaban J connectivity index is 2.45. The molecule has 0 atom stereocenters. The van der Waals surface area contributed by atoms with E-state index in [-0.39, 0.29) is 11.4 Å². The zero-order valence-electron chi connectivity index (χ0n) is 11.8. The summed E-state index contributed by atoms with van der Waals surface area (Å²) in [4.78, 5) is 4.16. The Hall–Kier alpha value is -1.89. The summed E-state index contributed by atoms with van der Waals surface area (Å²) in [5, 5.41) is 3.71. The average molecular weight is 299 g/mol. The molecule has 0 fully saturated rings. The van der Waals surface area contributed by atoms with Gasteiger partial charge >= 0.3 is 0 Å². The van der Waals surface area contributed by atoms with Crippen LogP contribution < -0.4 is 5.73 Å². The summed E-state index contributed by atoms with van der Waals surface area (Å²) in [5.74, 6) is -3.81. The van der Waals surface area contributed by atoms with Crippen molar-refractivity contribution in [3.05, 3.63) is 35.5 Å². The van der Waals surface area contributed by atoms with E-state index in [0.717, 1.165) is 12.1 Å². The molecule has 21 heavy (non-hydrogen) atoms. The van der Waals surface area contributed by atoms with Crippen molar-refractivity contribution < 1.29 is 17.7 Å². The zero-order chi connectivity index (χ0) is 15.6. The summed E-state index contributed by atoms with van der Waals surface area (Å²) in [6.45, 7) is 4.20. The summed E-state index contributed by atoms with van der Waals surface area (Å²) >= 11 is 0. The maximum absolute atomic E-state index is 13.2. The van der Waals surface area contributed by atoms with E-state index in [2.05, 4.69) is 10.1 Å². The molecule has 0 amide bonds. The third kappa shape index (κ3) is 2.65. The lowest BCUT2D eigenvalue weighted by Crippen LogP contribution is -2.34. The van der Waals surface area contributed by atoms with E-state index in [1.54, 1.807) is 0 Å². The lowest BCUT2D eigenvalue weighted by atomic mass is 9.82. The molecule has 0 aliphatic rings. The number of aromatic nitrogens is 2. The van der Waals surface area contributed by atoms with Crippen LogP contribution >= 0.6 is 0 Å². The van der Waals surface area contributed by atoms with Crippen LogP contribution in [0.1, 0.15) is 32.6 Å². The van der Waals surface area contributed by atoms with Gasteiger partial charge in [0.25, 0.3) is 0 Å². The summed E-state index contributed by atoms with van der Waals surface area (Å²) in [6, 6.07) is 1.66. The highest BCUT2D eigenvalue weighted by Crippen LogP contribution is 2.31. The van der Waals surface area contributed by atoms with Gasteiger partial charge in [-0.3, -0.25) is 0 Å². The fourth-order valence-corrected chi connectivity index (χ4v) is 2.17. The SMILES string of the molecule is CCC(CC)(CN)c1nc(-c2cc(F)c(F)c(F)c2)no1. The van der Waals surface area contributed by atoms with E-state index >= 15 is 0 Å². The molecule has 1 heterocycles. The van der Waals surface area contributed by atoms with Crippen LogP contribution in [0.25, 0.3) is 11.4 Å². The summed E-state index contributed by atoms with van der Waals surface area (Å²) in [5.41, 5.74) is 5.32. The predicted octanol–water partition coefficient (Wildman–Crippen LogP) is 3.17. The van der Waals surface area contributed by atoms with Gasteiger partial charge in [0.1, 0.15) is 0 Å². The third-order valence-corrected chi connectivity index (χ3v) is 3.87. The predicted molar refractivity (Wildman–Crippen MR) is 70.9 cm³/mol. The van der Waals surface area contributed by atoms with E-state index in [0.29, 0.717) is 25.3 Å². The zero-order valence-corrected chi connectivity index (χ0v) is 11.8. The molecule has 0 spiro atoms. The molecule has 2 N–H and O–H groups in total. The number of benzene rings is 1. The Morgan fingerprint density at radius 3 is 2.19 bits per heavy atom. The first-order valence-electron chi connectivity index (χ1n) is 6.66. The number of hydrogen-bond donors (Lipinski definition) is 1. The maximum atomic E-state index is 13.2. The molecular formula is C14H16F3N3O. The van der Waals surface area contributed by atoms with Crippen LogP contribution in [-0.2, 0) is 5.41 Å². The van der Waals surface area contributed by atoms with Crippen LogP contribution in [-0.4, -0.2) is 16.7 Å². The lowest BCUT2D eigenvalue weighted by Gasteiger charge is -2.24. The first-order valence-corrected chi connectivity index (χ1v) is 6.66. The van der Waals surface area contributed by atoms with Crippen molar-refractivity contribution in [1.82, 2.24) is 10.1 Å². The Bertz CT molecular complexity index is 607. The first kappa shape index (κ1) is 15.5. The van der Waals surface area contributed by atoms with Gasteiger partial charge in [-0.15, -0.1) is 0 Å². The van der Waals surface area contributed by atoms with E-state index in [1.807, 2.05) is 13.8 Å². The number of hydrogen-bond acceptors (Lipinski definition) is 4.